The van der Waals surface area contributed by atoms with Crippen molar-refractivity contribution < 1.29 is 14.7 Å². The number of aromatic nitrogens is 1. The van der Waals surface area contributed by atoms with E-state index in [0.717, 1.165) is 16.5 Å². The van der Waals surface area contributed by atoms with Gasteiger partial charge in [0.1, 0.15) is 6.54 Å². The van der Waals surface area contributed by atoms with Crippen LogP contribution < -0.4 is 0 Å². The summed E-state index contributed by atoms with van der Waals surface area (Å²) in [6.07, 6.45) is 1.82. The second-order valence-electron chi connectivity index (χ2n) is 5.22. The van der Waals surface area contributed by atoms with Crippen molar-refractivity contribution in [2.45, 2.75) is 26.3 Å². The third-order valence-electron chi connectivity index (χ3n) is 3.25. The number of carboxylic acid groups (broad SMARTS) is 1. The Balaban J connectivity index is 2.17. The van der Waals surface area contributed by atoms with E-state index in [-0.39, 0.29) is 24.9 Å². The lowest BCUT2D eigenvalue weighted by Crippen LogP contribution is -2.41. The SMILES string of the molecule is CC(C)N(CC(=O)O)C(=O)Cc1cnc2ccccc2c1. The first kappa shape index (κ1) is 15.0. The lowest BCUT2D eigenvalue weighted by atomic mass is 10.1. The molecule has 1 heterocycles. The predicted molar refractivity (Wildman–Crippen MR) is 79.9 cm³/mol. The van der Waals surface area contributed by atoms with E-state index in [9.17, 15) is 9.59 Å². The standard InChI is InChI=1S/C16H18N2O3/c1-11(2)18(10-16(20)21)15(19)8-12-7-13-5-3-4-6-14(13)17-9-12/h3-7,9,11H,8,10H2,1-2H3,(H,20,21). The number of amides is 1. The Kier molecular flexibility index (Phi) is 4.52. The summed E-state index contributed by atoms with van der Waals surface area (Å²) in [5.74, 6) is -1.21. The van der Waals surface area contributed by atoms with Crippen LogP contribution in [0, 0.1) is 0 Å². The number of pyridine rings is 1. The second kappa shape index (κ2) is 6.35. The number of fused-ring (bicyclic) bond motifs is 1. The fraction of sp³-hybridized carbons (Fsp3) is 0.312. The summed E-state index contributed by atoms with van der Waals surface area (Å²) in [4.78, 5) is 28.8. The van der Waals surface area contributed by atoms with Crippen molar-refractivity contribution in [3.8, 4) is 0 Å². The van der Waals surface area contributed by atoms with Crippen LogP contribution in [-0.2, 0) is 16.0 Å². The van der Waals surface area contributed by atoms with E-state index in [1.54, 1.807) is 20.0 Å². The highest BCUT2D eigenvalue weighted by molar-refractivity contribution is 5.85. The Bertz CT molecular complexity index is 667. The van der Waals surface area contributed by atoms with Crippen LogP contribution in [0.3, 0.4) is 0 Å². The average Bonchev–Trinajstić information content (AvgIpc) is 2.44. The van der Waals surface area contributed by atoms with E-state index in [2.05, 4.69) is 4.98 Å². The van der Waals surface area contributed by atoms with Gasteiger partial charge in [-0.1, -0.05) is 18.2 Å². The van der Waals surface area contributed by atoms with Crippen molar-refractivity contribution in [2.24, 2.45) is 0 Å². The largest absolute Gasteiger partial charge is 0.480 e. The van der Waals surface area contributed by atoms with Crippen LogP contribution >= 0.6 is 0 Å². The van der Waals surface area contributed by atoms with Crippen LogP contribution in [0.4, 0.5) is 0 Å². The molecule has 1 amide bonds. The van der Waals surface area contributed by atoms with E-state index in [1.807, 2.05) is 30.3 Å². The molecule has 110 valence electrons. The van der Waals surface area contributed by atoms with Gasteiger partial charge < -0.3 is 10.0 Å². The molecule has 2 aromatic rings. The van der Waals surface area contributed by atoms with Gasteiger partial charge in [-0.25, -0.2) is 0 Å². The molecule has 0 unspecified atom stereocenters. The van der Waals surface area contributed by atoms with E-state index in [4.69, 9.17) is 5.11 Å². The Morgan fingerprint density at radius 3 is 2.67 bits per heavy atom. The first-order chi connectivity index (χ1) is 9.97. The summed E-state index contributed by atoms with van der Waals surface area (Å²) < 4.78 is 0. The monoisotopic (exact) mass is 286 g/mol. The zero-order chi connectivity index (χ0) is 15.4. The highest BCUT2D eigenvalue weighted by Gasteiger charge is 2.20. The lowest BCUT2D eigenvalue weighted by Gasteiger charge is -2.24. The molecule has 21 heavy (non-hydrogen) atoms. The third kappa shape index (κ3) is 3.78. The Labute approximate surface area is 123 Å². The molecule has 0 aliphatic carbocycles. The molecule has 5 heteroatoms. The molecule has 0 saturated heterocycles. The fourth-order valence-electron chi connectivity index (χ4n) is 2.19. The van der Waals surface area contributed by atoms with Gasteiger partial charge in [-0.05, 0) is 31.5 Å². The van der Waals surface area contributed by atoms with E-state index < -0.39 is 5.97 Å². The van der Waals surface area contributed by atoms with Gasteiger partial charge in [0.25, 0.3) is 0 Å². The van der Waals surface area contributed by atoms with Gasteiger partial charge in [0.2, 0.25) is 5.91 Å². The molecular formula is C16H18N2O3. The normalized spacial score (nSPS) is 10.8. The minimum atomic E-state index is -1.01. The number of para-hydroxylation sites is 1. The molecule has 0 spiro atoms. The average molecular weight is 286 g/mol. The predicted octanol–water partition coefficient (Wildman–Crippen LogP) is 2.10. The zero-order valence-electron chi connectivity index (χ0n) is 12.1. The van der Waals surface area contributed by atoms with Crippen molar-refractivity contribution in [3.63, 3.8) is 0 Å². The molecule has 0 aliphatic heterocycles. The quantitative estimate of drug-likeness (QED) is 0.913. The van der Waals surface area contributed by atoms with Crippen LogP contribution in [0.15, 0.2) is 36.5 Å². The topological polar surface area (TPSA) is 70.5 Å². The number of nitrogens with zero attached hydrogens (tertiary/aromatic N) is 2. The number of carboxylic acids is 1. The summed E-state index contributed by atoms with van der Waals surface area (Å²) in [6, 6.07) is 9.44. The molecule has 0 aliphatic rings. The number of hydrogen-bond donors (Lipinski definition) is 1. The first-order valence-corrected chi connectivity index (χ1v) is 6.82. The number of rotatable bonds is 5. The van der Waals surface area contributed by atoms with Crippen molar-refractivity contribution in [3.05, 3.63) is 42.1 Å². The summed E-state index contributed by atoms with van der Waals surface area (Å²) in [5.41, 5.74) is 1.66. The molecule has 1 aromatic carbocycles. The lowest BCUT2D eigenvalue weighted by molar-refractivity contribution is -0.145. The molecule has 1 aromatic heterocycles. The van der Waals surface area contributed by atoms with E-state index in [0.29, 0.717) is 0 Å². The van der Waals surface area contributed by atoms with Gasteiger partial charge in [0.15, 0.2) is 0 Å². The molecule has 1 N–H and O–H groups in total. The first-order valence-electron chi connectivity index (χ1n) is 6.82. The smallest absolute Gasteiger partial charge is 0.323 e. The Morgan fingerprint density at radius 2 is 2.00 bits per heavy atom. The van der Waals surface area contributed by atoms with Crippen LogP contribution in [0.2, 0.25) is 0 Å². The van der Waals surface area contributed by atoms with Crippen molar-refractivity contribution in [1.82, 2.24) is 9.88 Å². The van der Waals surface area contributed by atoms with Crippen molar-refractivity contribution in [2.75, 3.05) is 6.54 Å². The van der Waals surface area contributed by atoms with Crippen molar-refractivity contribution in [1.29, 1.82) is 0 Å². The number of benzene rings is 1. The van der Waals surface area contributed by atoms with Gasteiger partial charge >= 0.3 is 5.97 Å². The summed E-state index contributed by atoms with van der Waals surface area (Å²) >= 11 is 0. The molecule has 0 fully saturated rings. The summed E-state index contributed by atoms with van der Waals surface area (Å²) in [7, 11) is 0. The maximum Gasteiger partial charge on any atom is 0.323 e. The molecular weight excluding hydrogens is 268 g/mol. The molecule has 0 bridgehead atoms. The van der Waals surface area contributed by atoms with Gasteiger partial charge in [-0.3, -0.25) is 14.6 Å². The van der Waals surface area contributed by atoms with Gasteiger partial charge in [-0.15, -0.1) is 0 Å². The number of aliphatic carboxylic acids is 1. The maximum atomic E-state index is 12.3. The summed E-state index contributed by atoms with van der Waals surface area (Å²) in [5, 5.41) is 9.85. The van der Waals surface area contributed by atoms with Crippen molar-refractivity contribution >= 4 is 22.8 Å². The highest BCUT2D eigenvalue weighted by Crippen LogP contribution is 2.14. The minimum absolute atomic E-state index is 0.151. The van der Waals surface area contributed by atoms with Gasteiger partial charge in [0, 0.05) is 17.6 Å². The number of carbonyl (C=O) groups is 2. The number of carbonyl (C=O) groups excluding carboxylic acids is 1. The Morgan fingerprint density at radius 1 is 1.29 bits per heavy atom. The summed E-state index contributed by atoms with van der Waals surface area (Å²) in [6.45, 7) is 3.33. The fourth-order valence-corrected chi connectivity index (χ4v) is 2.19. The minimum Gasteiger partial charge on any atom is -0.480 e. The van der Waals surface area contributed by atoms with Crippen LogP contribution in [-0.4, -0.2) is 39.5 Å². The van der Waals surface area contributed by atoms with E-state index in [1.165, 1.54) is 4.90 Å². The van der Waals surface area contributed by atoms with Crippen LogP contribution in [0.1, 0.15) is 19.4 Å². The van der Waals surface area contributed by atoms with Crippen LogP contribution in [0.5, 0.6) is 0 Å². The zero-order valence-corrected chi connectivity index (χ0v) is 12.1. The van der Waals surface area contributed by atoms with Gasteiger partial charge in [0.05, 0.1) is 11.9 Å². The molecule has 0 radical (unpaired) electrons. The van der Waals surface area contributed by atoms with Crippen LogP contribution in [0.25, 0.3) is 10.9 Å². The molecule has 0 saturated carbocycles. The van der Waals surface area contributed by atoms with Gasteiger partial charge in [-0.2, -0.15) is 0 Å². The molecule has 0 atom stereocenters. The highest BCUT2D eigenvalue weighted by atomic mass is 16.4. The molecule has 2 rings (SSSR count). The Hall–Kier alpha value is -2.43. The maximum absolute atomic E-state index is 12.3. The second-order valence-corrected chi connectivity index (χ2v) is 5.22. The van der Waals surface area contributed by atoms with E-state index >= 15 is 0 Å². The number of hydrogen-bond acceptors (Lipinski definition) is 3. The third-order valence-corrected chi connectivity index (χ3v) is 3.25. The molecule has 5 nitrogen and oxygen atoms in total.